The van der Waals surface area contributed by atoms with Gasteiger partial charge in [-0.2, -0.15) is 4.31 Å². The Bertz CT molecular complexity index is 1520. The molecule has 0 aliphatic carbocycles. The first-order valence-corrected chi connectivity index (χ1v) is 15.0. The predicted octanol–water partition coefficient (Wildman–Crippen LogP) is 2.40. The Morgan fingerprint density at radius 3 is 1.82 bits per heavy atom. The third-order valence-electron chi connectivity index (χ3n) is 5.76. The van der Waals surface area contributed by atoms with Crippen molar-refractivity contribution in [2.75, 3.05) is 12.8 Å². The average Bonchev–Trinajstić information content (AvgIpc) is 3.06. The molecular weight excluding hydrogens is 552 g/mol. The first-order valence-electron chi connectivity index (χ1n) is 11.6. The quantitative estimate of drug-likeness (QED) is 0.457. The molecule has 0 radical (unpaired) electrons. The van der Waals surface area contributed by atoms with E-state index in [1.807, 2.05) is 0 Å². The Hall–Kier alpha value is -3.78. The molecule has 210 valence electrons. The summed E-state index contributed by atoms with van der Waals surface area (Å²) in [6.45, 7) is 4.81. The highest BCUT2D eigenvalue weighted by Crippen LogP contribution is 2.30. The normalized spacial score (nSPS) is 15.5. The Morgan fingerprint density at radius 1 is 0.923 bits per heavy atom. The monoisotopic (exact) mass is 580 g/mol. The van der Waals surface area contributed by atoms with Crippen LogP contribution in [-0.4, -0.2) is 79.5 Å². The second kappa shape index (κ2) is 10.4. The molecule has 14 heteroatoms. The van der Waals surface area contributed by atoms with E-state index in [4.69, 9.17) is 4.74 Å². The summed E-state index contributed by atoms with van der Waals surface area (Å²) < 4.78 is 57.7. The number of fused-ring (bicyclic) bond motifs is 1. The summed E-state index contributed by atoms with van der Waals surface area (Å²) in [6, 6.07) is 8.46. The molecule has 2 atom stereocenters. The van der Waals surface area contributed by atoms with E-state index in [2.05, 4.69) is 0 Å². The van der Waals surface area contributed by atoms with E-state index in [1.54, 1.807) is 0 Å². The Morgan fingerprint density at radius 2 is 1.38 bits per heavy atom. The summed E-state index contributed by atoms with van der Waals surface area (Å²) >= 11 is 0. The van der Waals surface area contributed by atoms with E-state index >= 15 is 0 Å². The zero-order chi connectivity index (χ0) is 29.5. The number of imide groups is 1. The lowest BCUT2D eigenvalue weighted by Crippen LogP contribution is -2.53. The Kier molecular flexibility index (Phi) is 7.95. The van der Waals surface area contributed by atoms with Crippen molar-refractivity contribution in [3.8, 4) is 0 Å². The lowest BCUT2D eigenvalue weighted by Gasteiger charge is -2.33. The van der Waals surface area contributed by atoms with Gasteiger partial charge in [-0.15, -0.1) is 0 Å². The number of nitrogens with zero attached hydrogens (tertiary/aromatic N) is 2. The maximum absolute atomic E-state index is 13.7. The topological polar surface area (TPSA) is 172 Å². The largest absolute Gasteiger partial charge is 0.480 e. The first kappa shape index (κ1) is 29.8. The number of carbonyl (C=O) groups excluding carboxylic acids is 3. The van der Waals surface area contributed by atoms with Gasteiger partial charge < -0.3 is 9.84 Å². The number of benzene rings is 2. The van der Waals surface area contributed by atoms with Crippen LogP contribution >= 0.6 is 0 Å². The van der Waals surface area contributed by atoms with Gasteiger partial charge in [0.15, 0.2) is 9.84 Å². The molecule has 0 saturated carbocycles. The van der Waals surface area contributed by atoms with Crippen LogP contribution in [0.5, 0.6) is 0 Å². The smallest absolute Gasteiger partial charge is 0.424 e. The van der Waals surface area contributed by atoms with Crippen molar-refractivity contribution in [1.29, 1.82) is 0 Å². The molecule has 1 aliphatic heterocycles. The minimum Gasteiger partial charge on any atom is -0.480 e. The molecule has 0 bridgehead atoms. The SMILES string of the molecule is CC(CN(C(=O)OC(C)(C)C)S(=O)(=O)c1ccccc1S(C)(=O)=O)[C@@H](C(=O)O)N1C(=O)c2ccccc2C1=O. The van der Waals surface area contributed by atoms with Gasteiger partial charge in [0.1, 0.15) is 16.5 Å². The molecule has 2 aromatic carbocycles. The molecular formula is C25H28N2O10S2. The molecule has 12 nitrogen and oxygen atoms in total. The van der Waals surface area contributed by atoms with Gasteiger partial charge in [0.05, 0.1) is 16.0 Å². The highest BCUT2D eigenvalue weighted by Gasteiger charge is 2.47. The number of rotatable bonds is 8. The molecule has 2 aromatic rings. The highest BCUT2D eigenvalue weighted by atomic mass is 32.2. The number of amides is 3. The number of hydrogen-bond acceptors (Lipinski definition) is 9. The van der Waals surface area contributed by atoms with E-state index in [0.717, 1.165) is 18.4 Å². The number of hydrogen-bond donors (Lipinski definition) is 1. The fourth-order valence-corrected chi connectivity index (χ4v) is 7.11. The third-order valence-corrected chi connectivity index (χ3v) is 8.84. The molecule has 0 fully saturated rings. The summed E-state index contributed by atoms with van der Waals surface area (Å²) in [5.74, 6) is -4.74. The standard InChI is InChI=1S/C25H28N2O10S2/c1-15(20(23(30)31)27-21(28)16-10-6-7-11-17(16)22(27)29)14-26(24(32)37-25(2,3)4)39(35,36)19-13-9-8-12-18(19)38(5,33)34/h6-13,15,20H,14H2,1-5H3,(H,30,31)/t15?,20-/m0/s1. The van der Waals surface area contributed by atoms with E-state index < -0.39 is 77.6 Å². The molecule has 3 amide bonds. The molecule has 1 unspecified atom stereocenters. The minimum absolute atomic E-state index is 0.0142. The van der Waals surface area contributed by atoms with Gasteiger partial charge in [-0.1, -0.05) is 31.2 Å². The Labute approximate surface area is 226 Å². The number of aliphatic carboxylic acids is 1. The van der Waals surface area contributed by atoms with E-state index in [-0.39, 0.29) is 15.4 Å². The molecule has 39 heavy (non-hydrogen) atoms. The van der Waals surface area contributed by atoms with Crippen molar-refractivity contribution in [2.24, 2.45) is 5.92 Å². The van der Waals surface area contributed by atoms with Crippen molar-refractivity contribution in [2.45, 2.75) is 49.1 Å². The molecule has 1 heterocycles. The number of sulfonamides is 1. The van der Waals surface area contributed by atoms with E-state index in [1.165, 1.54) is 64.1 Å². The van der Waals surface area contributed by atoms with Crippen LogP contribution in [-0.2, 0) is 29.4 Å². The van der Waals surface area contributed by atoms with Gasteiger partial charge in [-0.3, -0.25) is 14.5 Å². The summed E-state index contributed by atoms with van der Waals surface area (Å²) in [7, 11) is -9.02. The van der Waals surface area contributed by atoms with Crippen molar-refractivity contribution in [3.63, 3.8) is 0 Å². The average molecular weight is 581 g/mol. The minimum atomic E-state index is -4.95. The van der Waals surface area contributed by atoms with Crippen LogP contribution in [0.1, 0.15) is 48.4 Å². The lowest BCUT2D eigenvalue weighted by atomic mass is 10.0. The number of carboxylic acid groups (broad SMARTS) is 1. The van der Waals surface area contributed by atoms with E-state index in [0.29, 0.717) is 4.90 Å². The van der Waals surface area contributed by atoms with Gasteiger partial charge in [0, 0.05) is 18.7 Å². The molecule has 0 saturated heterocycles. The fourth-order valence-electron chi connectivity index (χ4n) is 4.10. The third kappa shape index (κ3) is 5.96. The number of ether oxygens (including phenoxy) is 1. The number of carboxylic acids is 1. The van der Waals surface area contributed by atoms with Gasteiger partial charge in [0.2, 0.25) is 0 Å². The lowest BCUT2D eigenvalue weighted by molar-refractivity contribution is -0.143. The summed E-state index contributed by atoms with van der Waals surface area (Å²) in [5, 5.41) is 10.0. The van der Waals surface area contributed by atoms with Crippen LogP contribution < -0.4 is 0 Å². The van der Waals surface area contributed by atoms with Crippen molar-refractivity contribution in [1.82, 2.24) is 9.21 Å². The number of sulfone groups is 1. The molecule has 0 spiro atoms. The van der Waals surface area contributed by atoms with Gasteiger partial charge >= 0.3 is 12.1 Å². The van der Waals surface area contributed by atoms with Crippen LogP contribution in [0, 0.1) is 5.92 Å². The van der Waals surface area contributed by atoms with Crippen LogP contribution in [0.4, 0.5) is 4.79 Å². The van der Waals surface area contributed by atoms with Gasteiger partial charge in [-0.05, 0) is 45.0 Å². The Balaban J connectivity index is 2.10. The highest BCUT2D eigenvalue weighted by molar-refractivity contribution is 7.93. The molecule has 3 rings (SSSR count). The van der Waals surface area contributed by atoms with Crippen LogP contribution in [0.25, 0.3) is 0 Å². The zero-order valence-electron chi connectivity index (χ0n) is 21.8. The molecule has 1 aliphatic rings. The van der Waals surface area contributed by atoms with Crippen molar-refractivity contribution >= 4 is 43.7 Å². The van der Waals surface area contributed by atoms with Gasteiger partial charge in [0.25, 0.3) is 21.8 Å². The maximum Gasteiger partial charge on any atom is 0.424 e. The van der Waals surface area contributed by atoms with Crippen LogP contribution in [0.3, 0.4) is 0 Å². The fraction of sp³-hybridized carbons (Fsp3) is 0.360. The second-order valence-electron chi connectivity index (χ2n) is 10.0. The summed E-state index contributed by atoms with van der Waals surface area (Å²) in [5.41, 5.74) is -1.21. The van der Waals surface area contributed by atoms with Crippen LogP contribution in [0.15, 0.2) is 58.3 Å². The number of carbonyl (C=O) groups is 4. The van der Waals surface area contributed by atoms with Crippen LogP contribution in [0.2, 0.25) is 0 Å². The van der Waals surface area contributed by atoms with Crippen molar-refractivity contribution < 1.29 is 45.9 Å². The predicted molar refractivity (Wildman–Crippen MR) is 137 cm³/mol. The summed E-state index contributed by atoms with van der Waals surface area (Å²) in [6.07, 6.45) is -0.603. The molecule has 0 aromatic heterocycles. The first-order chi connectivity index (χ1) is 17.9. The van der Waals surface area contributed by atoms with E-state index in [9.17, 15) is 41.1 Å². The molecule has 1 N–H and O–H groups in total. The zero-order valence-corrected chi connectivity index (χ0v) is 23.4. The van der Waals surface area contributed by atoms with Gasteiger partial charge in [-0.25, -0.2) is 26.4 Å². The maximum atomic E-state index is 13.7. The summed E-state index contributed by atoms with van der Waals surface area (Å²) in [4.78, 5) is 50.7. The van der Waals surface area contributed by atoms with Crippen molar-refractivity contribution in [3.05, 3.63) is 59.7 Å². The second-order valence-corrected chi connectivity index (χ2v) is 13.8.